The van der Waals surface area contributed by atoms with Crippen LogP contribution in [0.25, 0.3) is 0 Å². The first kappa shape index (κ1) is 18.3. The van der Waals surface area contributed by atoms with E-state index in [9.17, 15) is 18.8 Å². The Morgan fingerprint density at radius 2 is 2.00 bits per heavy atom. The molecule has 3 rings (SSSR count). The van der Waals surface area contributed by atoms with Gasteiger partial charge in [-0.1, -0.05) is 11.8 Å². The Morgan fingerprint density at radius 3 is 2.77 bits per heavy atom. The van der Waals surface area contributed by atoms with E-state index in [4.69, 9.17) is 0 Å². The Morgan fingerprint density at radius 1 is 1.23 bits per heavy atom. The molecule has 1 aromatic heterocycles. The predicted octanol–water partition coefficient (Wildman–Crippen LogP) is 2.48. The number of nitrogens with zero attached hydrogens (tertiary/aromatic N) is 1. The number of benzene rings is 1. The highest BCUT2D eigenvalue weighted by Crippen LogP contribution is 2.19. The highest BCUT2D eigenvalue weighted by molar-refractivity contribution is 7.99. The first-order chi connectivity index (χ1) is 12.5. The van der Waals surface area contributed by atoms with Crippen LogP contribution in [0.5, 0.6) is 0 Å². The average Bonchev–Trinajstić information content (AvgIpc) is 2.61. The van der Waals surface area contributed by atoms with E-state index >= 15 is 0 Å². The number of ketones is 1. The molecule has 0 bridgehead atoms. The number of aromatic nitrogens is 2. The van der Waals surface area contributed by atoms with Gasteiger partial charge in [0, 0.05) is 36.3 Å². The van der Waals surface area contributed by atoms with Crippen molar-refractivity contribution in [3.05, 3.63) is 51.7 Å². The highest BCUT2D eigenvalue weighted by Gasteiger charge is 2.20. The molecule has 0 fully saturated rings. The molecular formula is C18H18FN3O3S. The molecule has 0 unspecified atom stereocenters. The van der Waals surface area contributed by atoms with E-state index in [1.807, 2.05) is 0 Å². The fourth-order valence-electron chi connectivity index (χ4n) is 2.68. The standard InChI is InChI=1S/C18H18FN3O3S/c19-11-3-5-12(6-4-11)20-16(24)2-1-9-26-18-21-15-8-7-13(23)10-14(15)17(25)22-18/h3-6H,1-2,7-10H2,(H,20,24)(H,21,22,25). The second-order valence-electron chi connectivity index (χ2n) is 6.02. The van der Waals surface area contributed by atoms with Gasteiger partial charge < -0.3 is 10.3 Å². The fourth-order valence-corrected chi connectivity index (χ4v) is 3.50. The number of H-pyrrole nitrogens is 1. The van der Waals surface area contributed by atoms with E-state index in [0.29, 0.717) is 53.5 Å². The van der Waals surface area contributed by atoms with Crippen molar-refractivity contribution in [2.75, 3.05) is 11.1 Å². The molecule has 6 nitrogen and oxygen atoms in total. The molecule has 0 spiro atoms. The lowest BCUT2D eigenvalue weighted by atomic mass is 9.96. The number of halogens is 1. The number of amides is 1. The van der Waals surface area contributed by atoms with Crippen LogP contribution < -0.4 is 10.9 Å². The van der Waals surface area contributed by atoms with Gasteiger partial charge in [0.05, 0.1) is 5.69 Å². The van der Waals surface area contributed by atoms with Crippen molar-refractivity contribution >= 4 is 29.1 Å². The number of anilines is 1. The van der Waals surface area contributed by atoms with E-state index in [0.717, 1.165) is 0 Å². The molecule has 2 N–H and O–H groups in total. The van der Waals surface area contributed by atoms with Crippen LogP contribution in [0.4, 0.5) is 10.1 Å². The zero-order valence-corrected chi connectivity index (χ0v) is 14.8. The van der Waals surface area contributed by atoms with Gasteiger partial charge >= 0.3 is 0 Å². The summed E-state index contributed by atoms with van der Waals surface area (Å²) in [6.45, 7) is 0. The van der Waals surface area contributed by atoms with Crippen molar-refractivity contribution in [1.82, 2.24) is 9.97 Å². The summed E-state index contributed by atoms with van der Waals surface area (Å²) in [4.78, 5) is 42.5. The smallest absolute Gasteiger partial charge is 0.255 e. The molecule has 0 radical (unpaired) electrons. The van der Waals surface area contributed by atoms with Crippen LogP contribution in [-0.2, 0) is 22.4 Å². The lowest BCUT2D eigenvalue weighted by molar-refractivity contribution is -0.119. The third-order valence-electron chi connectivity index (χ3n) is 4.01. The summed E-state index contributed by atoms with van der Waals surface area (Å²) in [7, 11) is 0. The molecule has 1 heterocycles. The van der Waals surface area contributed by atoms with Crippen LogP contribution in [0.2, 0.25) is 0 Å². The van der Waals surface area contributed by atoms with Gasteiger partial charge in [0.2, 0.25) is 5.91 Å². The molecule has 1 aromatic carbocycles. The van der Waals surface area contributed by atoms with E-state index in [1.165, 1.54) is 36.0 Å². The van der Waals surface area contributed by atoms with E-state index in [2.05, 4.69) is 15.3 Å². The quantitative estimate of drug-likeness (QED) is 0.460. The molecule has 0 aliphatic heterocycles. The Bertz CT molecular complexity index is 880. The number of aryl methyl sites for hydroxylation is 1. The Hall–Kier alpha value is -2.48. The first-order valence-corrected chi connectivity index (χ1v) is 9.32. The van der Waals surface area contributed by atoms with Crippen molar-refractivity contribution in [2.24, 2.45) is 0 Å². The lowest BCUT2D eigenvalue weighted by Crippen LogP contribution is -2.25. The predicted molar refractivity (Wildman–Crippen MR) is 96.9 cm³/mol. The van der Waals surface area contributed by atoms with Crippen LogP contribution in [0, 0.1) is 5.82 Å². The van der Waals surface area contributed by atoms with Crippen molar-refractivity contribution in [2.45, 2.75) is 37.3 Å². The summed E-state index contributed by atoms with van der Waals surface area (Å²) in [6, 6.07) is 5.59. The summed E-state index contributed by atoms with van der Waals surface area (Å²) in [6.07, 6.45) is 2.01. The normalized spacial score (nSPS) is 13.3. The van der Waals surface area contributed by atoms with Crippen molar-refractivity contribution in [3.8, 4) is 0 Å². The van der Waals surface area contributed by atoms with Crippen molar-refractivity contribution in [1.29, 1.82) is 0 Å². The van der Waals surface area contributed by atoms with Gasteiger partial charge in [-0.25, -0.2) is 9.37 Å². The van der Waals surface area contributed by atoms with Crippen LogP contribution in [0.15, 0.2) is 34.2 Å². The minimum absolute atomic E-state index is 0.0670. The van der Waals surface area contributed by atoms with Crippen LogP contribution in [0.1, 0.15) is 30.5 Å². The van der Waals surface area contributed by atoms with Gasteiger partial charge in [-0.15, -0.1) is 0 Å². The van der Waals surface area contributed by atoms with Crippen molar-refractivity contribution in [3.63, 3.8) is 0 Å². The summed E-state index contributed by atoms with van der Waals surface area (Å²) in [5, 5.41) is 3.22. The second-order valence-corrected chi connectivity index (χ2v) is 7.10. The Kier molecular flexibility index (Phi) is 5.82. The van der Waals surface area contributed by atoms with Gasteiger partial charge in [-0.05, 0) is 37.1 Å². The third-order valence-corrected chi connectivity index (χ3v) is 4.97. The van der Waals surface area contributed by atoms with E-state index in [1.54, 1.807) is 0 Å². The SMILES string of the molecule is O=C1CCc2nc(SCCCC(=O)Nc3ccc(F)cc3)[nH]c(=O)c2C1. The van der Waals surface area contributed by atoms with E-state index in [-0.39, 0.29) is 29.5 Å². The number of carbonyl (C=O) groups is 2. The average molecular weight is 375 g/mol. The van der Waals surface area contributed by atoms with E-state index < -0.39 is 0 Å². The maximum atomic E-state index is 12.8. The van der Waals surface area contributed by atoms with Gasteiger partial charge in [-0.2, -0.15) is 0 Å². The van der Waals surface area contributed by atoms with Gasteiger partial charge in [0.1, 0.15) is 11.6 Å². The fraction of sp³-hybridized carbons (Fsp3) is 0.333. The Labute approximate surface area is 153 Å². The molecule has 0 saturated heterocycles. The number of fused-ring (bicyclic) bond motifs is 1. The molecule has 1 aliphatic carbocycles. The Balaban J connectivity index is 1.47. The summed E-state index contributed by atoms with van der Waals surface area (Å²) in [5.41, 5.74) is 1.48. The summed E-state index contributed by atoms with van der Waals surface area (Å²) in [5.74, 6) is 0.188. The van der Waals surface area contributed by atoms with Crippen molar-refractivity contribution < 1.29 is 14.0 Å². The number of hydrogen-bond acceptors (Lipinski definition) is 5. The number of thioether (sulfide) groups is 1. The number of rotatable bonds is 6. The zero-order valence-electron chi connectivity index (χ0n) is 14.0. The molecule has 8 heteroatoms. The molecule has 1 amide bonds. The largest absolute Gasteiger partial charge is 0.326 e. The molecule has 26 heavy (non-hydrogen) atoms. The number of aromatic amines is 1. The topological polar surface area (TPSA) is 91.9 Å². The molecule has 0 saturated carbocycles. The maximum Gasteiger partial charge on any atom is 0.255 e. The minimum Gasteiger partial charge on any atom is -0.326 e. The number of Topliss-reactive ketones (excluding diaryl/α,β-unsaturated/α-hetero) is 1. The molecule has 1 aliphatic rings. The molecular weight excluding hydrogens is 357 g/mol. The van der Waals surface area contributed by atoms with Crippen LogP contribution in [-0.4, -0.2) is 27.4 Å². The summed E-state index contributed by atoms with van der Waals surface area (Å²) >= 11 is 1.38. The minimum atomic E-state index is -0.352. The number of carbonyl (C=O) groups excluding carboxylic acids is 2. The van der Waals surface area contributed by atoms with Crippen LogP contribution >= 0.6 is 11.8 Å². The number of nitrogens with one attached hydrogen (secondary N) is 2. The zero-order chi connectivity index (χ0) is 18.5. The highest BCUT2D eigenvalue weighted by atomic mass is 32.2. The van der Waals surface area contributed by atoms with Crippen LogP contribution in [0.3, 0.4) is 0 Å². The van der Waals surface area contributed by atoms with Gasteiger partial charge in [-0.3, -0.25) is 14.4 Å². The maximum absolute atomic E-state index is 12.8. The summed E-state index contributed by atoms with van der Waals surface area (Å²) < 4.78 is 12.8. The second kappa shape index (κ2) is 8.27. The first-order valence-electron chi connectivity index (χ1n) is 8.33. The van der Waals surface area contributed by atoms with Gasteiger partial charge in [0.25, 0.3) is 5.56 Å². The molecule has 0 atom stereocenters. The number of hydrogen-bond donors (Lipinski definition) is 2. The van der Waals surface area contributed by atoms with Gasteiger partial charge in [0.15, 0.2) is 5.16 Å². The monoisotopic (exact) mass is 375 g/mol. The molecule has 2 aromatic rings. The third kappa shape index (κ3) is 4.78. The lowest BCUT2D eigenvalue weighted by Gasteiger charge is -2.13. The molecule has 136 valence electrons.